The summed E-state index contributed by atoms with van der Waals surface area (Å²) < 4.78 is 11.9. The molecule has 3 nitrogen and oxygen atoms in total. The first kappa shape index (κ1) is 12.7. The molecule has 17 heavy (non-hydrogen) atoms. The van der Waals surface area contributed by atoms with Crippen LogP contribution in [0, 0.1) is 0 Å². The van der Waals surface area contributed by atoms with Gasteiger partial charge in [-0.15, -0.1) is 0 Å². The Balaban J connectivity index is 2.38. The van der Waals surface area contributed by atoms with Crippen LogP contribution in [0.15, 0.2) is 16.6 Å². The van der Waals surface area contributed by atoms with Crippen LogP contribution >= 0.6 is 15.9 Å². The third kappa shape index (κ3) is 2.58. The van der Waals surface area contributed by atoms with Gasteiger partial charge in [0.25, 0.3) is 0 Å². The van der Waals surface area contributed by atoms with Gasteiger partial charge in [-0.05, 0) is 41.4 Å². The number of hydrogen-bond acceptors (Lipinski definition) is 3. The van der Waals surface area contributed by atoms with E-state index >= 15 is 0 Å². The molecule has 0 aliphatic carbocycles. The number of benzene rings is 1. The van der Waals surface area contributed by atoms with Crippen LogP contribution in [-0.4, -0.2) is 27.3 Å². The molecule has 1 aromatic rings. The molecule has 1 heterocycles. The van der Waals surface area contributed by atoms with Gasteiger partial charge in [-0.25, -0.2) is 0 Å². The van der Waals surface area contributed by atoms with Crippen molar-refractivity contribution >= 4 is 15.9 Å². The molecule has 1 aromatic carbocycles. The summed E-state index contributed by atoms with van der Waals surface area (Å²) in [4.78, 5) is 0. The SMILES string of the molecule is COc1c(Br)ccc(C2CCCNC2)c1OC. The lowest BCUT2D eigenvalue weighted by atomic mass is 9.91. The number of nitrogens with one attached hydrogen (secondary N) is 1. The van der Waals surface area contributed by atoms with Gasteiger partial charge in [-0.2, -0.15) is 0 Å². The summed E-state index contributed by atoms with van der Waals surface area (Å²) in [6.07, 6.45) is 2.42. The van der Waals surface area contributed by atoms with E-state index in [1.54, 1.807) is 14.2 Å². The average molecular weight is 300 g/mol. The van der Waals surface area contributed by atoms with Crippen molar-refractivity contribution in [2.24, 2.45) is 0 Å². The van der Waals surface area contributed by atoms with E-state index in [0.29, 0.717) is 5.92 Å². The normalized spacial score (nSPS) is 20.1. The molecule has 4 heteroatoms. The van der Waals surface area contributed by atoms with Gasteiger partial charge >= 0.3 is 0 Å². The second kappa shape index (κ2) is 5.74. The van der Waals surface area contributed by atoms with Crippen molar-refractivity contribution in [3.63, 3.8) is 0 Å². The fourth-order valence-electron chi connectivity index (χ4n) is 2.39. The highest BCUT2D eigenvalue weighted by Crippen LogP contribution is 2.42. The van der Waals surface area contributed by atoms with Crippen molar-refractivity contribution < 1.29 is 9.47 Å². The topological polar surface area (TPSA) is 30.5 Å². The van der Waals surface area contributed by atoms with Gasteiger partial charge in [-0.3, -0.25) is 0 Å². The summed E-state index contributed by atoms with van der Waals surface area (Å²) in [5, 5.41) is 3.43. The minimum Gasteiger partial charge on any atom is -0.493 e. The van der Waals surface area contributed by atoms with Gasteiger partial charge in [0.1, 0.15) is 0 Å². The van der Waals surface area contributed by atoms with Crippen LogP contribution in [0.25, 0.3) is 0 Å². The van der Waals surface area contributed by atoms with Gasteiger partial charge in [0.2, 0.25) is 0 Å². The summed E-state index contributed by atoms with van der Waals surface area (Å²) in [5.74, 6) is 2.16. The third-order valence-electron chi connectivity index (χ3n) is 3.24. The van der Waals surface area contributed by atoms with Crippen LogP contribution in [0.2, 0.25) is 0 Å². The summed E-state index contributed by atoms with van der Waals surface area (Å²) in [5.41, 5.74) is 1.24. The molecule has 94 valence electrons. The number of methoxy groups -OCH3 is 2. The Morgan fingerprint density at radius 3 is 2.59 bits per heavy atom. The lowest BCUT2D eigenvalue weighted by molar-refractivity contribution is 0.343. The maximum absolute atomic E-state index is 5.52. The first-order valence-corrected chi connectivity index (χ1v) is 6.68. The molecule has 2 rings (SSSR count). The Morgan fingerprint density at radius 1 is 1.24 bits per heavy atom. The van der Waals surface area contributed by atoms with Crippen molar-refractivity contribution in [1.29, 1.82) is 0 Å². The summed E-state index contributed by atoms with van der Waals surface area (Å²) in [6, 6.07) is 4.16. The zero-order chi connectivity index (χ0) is 12.3. The highest BCUT2D eigenvalue weighted by Gasteiger charge is 2.22. The van der Waals surface area contributed by atoms with E-state index in [0.717, 1.165) is 29.1 Å². The standard InChI is InChI=1S/C13H18BrNO2/c1-16-12-10(9-4-3-7-15-8-9)5-6-11(14)13(12)17-2/h5-6,9,15H,3-4,7-8H2,1-2H3. The first-order valence-electron chi connectivity index (χ1n) is 5.89. The molecule has 0 aromatic heterocycles. The van der Waals surface area contributed by atoms with Gasteiger partial charge in [0.05, 0.1) is 18.7 Å². The third-order valence-corrected chi connectivity index (χ3v) is 3.86. The van der Waals surface area contributed by atoms with E-state index in [1.807, 2.05) is 6.07 Å². The first-order chi connectivity index (χ1) is 8.27. The molecule has 0 spiro atoms. The minimum absolute atomic E-state index is 0.515. The second-order valence-corrected chi connectivity index (χ2v) is 5.10. The van der Waals surface area contributed by atoms with Crippen LogP contribution in [0.1, 0.15) is 24.3 Å². The molecule has 0 saturated carbocycles. The van der Waals surface area contributed by atoms with Crippen LogP contribution in [0.4, 0.5) is 0 Å². The smallest absolute Gasteiger partial charge is 0.175 e. The lowest BCUT2D eigenvalue weighted by Crippen LogP contribution is -2.28. The van der Waals surface area contributed by atoms with Crippen molar-refractivity contribution in [3.8, 4) is 11.5 Å². The van der Waals surface area contributed by atoms with Gasteiger partial charge < -0.3 is 14.8 Å². The maximum atomic E-state index is 5.52. The molecule has 1 aliphatic heterocycles. The highest BCUT2D eigenvalue weighted by molar-refractivity contribution is 9.10. The molecule has 1 saturated heterocycles. The van der Waals surface area contributed by atoms with Crippen LogP contribution < -0.4 is 14.8 Å². The Morgan fingerprint density at radius 2 is 2.00 bits per heavy atom. The average Bonchev–Trinajstić information content (AvgIpc) is 2.39. The Kier molecular flexibility index (Phi) is 4.29. The molecule has 0 bridgehead atoms. The Hall–Kier alpha value is -0.740. The van der Waals surface area contributed by atoms with Crippen molar-refractivity contribution in [2.45, 2.75) is 18.8 Å². The molecule has 1 N–H and O–H groups in total. The molecular formula is C13H18BrNO2. The molecule has 1 unspecified atom stereocenters. The van der Waals surface area contributed by atoms with Crippen molar-refractivity contribution in [2.75, 3.05) is 27.3 Å². The van der Waals surface area contributed by atoms with E-state index in [9.17, 15) is 0 Å². The monoisotopic (exact) mass is 299 g/mol. The van der Waals surface area contributed by atoms with E-state index in [4.69, 9.17) is 9.47 Å². The fourth-order valence-corrected chi connectivity index (χ4v) is 2.87. The molecule has 0 amide bonds. The van der Waals surface area contributed by atoms with Gasteiger partial charge in [0.15, 0.2) is 11.5 Å². The Labute approximate surface area is 111 Å². The largest absolute Gasteiger partial charge is 0.493 e. The van der Waals surface area contributed by atoms with Gasteiger partial charge in [-0.1, -0.05) is 6.07 Å². The number of ether oxygens (including phenoxy) is 2. The summed E-state index contributed by atoms with van der Waals surface area (Å²) in [7, 11) is 3.37. The molecule has 0 radical (unpaired) electrons. The van der Waals surface area contributed by atoms with E-state index in [2.05, 4.69) is 27.3 Å². The zero-order valence-corrected chi connectivity index (χ0v) is 11.8. The molecule has 1 atom stereocenters. The van der Waals surface area contributed by atoms with Crippen LogP contribution in [-0.2, 0) is 0 Å². The highest BCUT2D eigenvalue weighted by atomic mass is 79.9. The summed E-state index contributed by atoms with van der Waals surface area (Å²) >= 11 is 3.49. The predicted molar refractivity (Wildman–Crippen MR) is 72.1 cm³/mol. The minimum atomic E-state index is 0.515. The molecule has 1 fully saturated rings. The van der Waals surface area contributed by atoms with Crippen LogP contribution in [0.5, 0.6) is 11.5 Å². The Bertz CT molecular complexity index is 389. The molecule has 1 aliphatic rings. The maximum Gasteiger partial charge on any atom is 0.175 e. The summed E-state index contributed by atoms with van der Waals surface area (Å²) in [6.45, 7) is 2.13. The van der Waals surface area contributed by atoms with E-state index < -0.39 is 0 Å². The number of piperidine rings is 1. The van der Waals surface area contributed by atoms with Crippen molar-refractivity contribution in [1.82, 2.24) is 5.32 Å². The second-order valence-electron chi connectivity index (χ2n) is 4.25. The van der Waals surface area contributed by atoms with Gasteiger partial charge in [0, 0.05) is 18.0 Å². The van der Waals surface area contributed by atoms with E-state index in [1.165, 1.54) is 18.4 Å². The zero-order valence-electron chi connectivity index (χ0n) is 10.3. The lowest BCUT2D eigenvalue weighted by Gasteiger charge is -2.25. The fraction of sp³-hybridized carbons (Fsp3) is 0.538. The van der Waals surface area contributed by atoms with Crippen LogP contribution in [0.3, 0.4) is 0 Å². The predicted octanol–water partition coefficient (Wildman–Crippen LogP) is 2.93. The van der Waals surface area contributed by atoms with Crippen molar-refractivity contribution in [3.05, 3.63) is 22.2 Å². The number of halogens is 1. The quantitative estimate of drug-likeness (QED) is 0.931. The van der Waals surface area contributed by atoms with E-state index in [-0.39, 0.29) is 0 Å². The number of rotatable bonds is 3. The molecular weight excluding hydrogens is 282 g/mol. The number of hydrogen-bond donors (Lipinski definition) is 1.